The fourth-order valence-corrected chi connectivity index (χ4v) is 3.13. The minimum absolute atomic E-state index is 0.140. The predicted octanol–water partition coefficient (Wildman–Crippen LogP) is 3.06. The Hall–Kier alpha value is -1.16. The van der Waals surface area contributed by atoms with Gasteiger partial charge in [-0.3, -0.25) is 4.57 Å². The number of aromatic carboxylic acids is 1. The summed E-state index contributed by atoms with van der Waals surface area (Å²) in [5.41, 5.74) is 0.140. The molecule has 1 rings (SSSR count). The summed E-state index contributed by atoms with van der Waals surface area (Å²) < 4.78 is 23.3. The highest BCUT2D eigenvalue weighted by Crippen LogP contribution is 2.47. The van der Waals surface area contributed by atoms with Gasteiger partial charge in [0, 0.05) is 0 Å². The molecule has 0 radical (unpaired) electrons. The SMILES string of the molecule is CCCOP(=O)(OCCC)c1ccc(C(=O)O)cc1. The first-order valence-electron chi connectivity index (χ1n) is 6.26. The van der Waals surface area contributed by atoms with Crippen molar-refractivity contribution in [3.63, 3.8) is 0 Å². The van der Waals surface area contributed by atoms with Crippen molar-refractivity contribution in [2.24, 2.45) is 0 Å². The second kappa shape index (κ2) is 7.43. The maximum Gasteiger partial charge on any atom is 0.361 e. The number of carbonyl (C=O) groups is 1. The molecule has 0 aliphatic heterocycles. The van der Waals surface area contributed by atoms with Gasteiger partial charge in [-0.15, -0.1) is 0 Å². The largest absolute Gasteiger partial charge is 0.478 e. The number of hydrogen-bond acceptors (Lipinski definition) is 4. The first-order chi connectivity index (χ1) is 9.03. The van der Waals surface area contributed by atoms with Crippen molar-refractivity contribution < 1.29 is 23.5 Å². The van der Waals surface area contributed by atoms with E-state index in [-0.39, 0.29) is 5.56 Å². The Bertz CT molecular complexity index is 443. The lowest BCUT2D eigenvalue weighted by Gasteiger charge is -2.18. The highest BCUT2D eigenvalue weighted by Gasteiger charge is 2.27. The highest BCUT2D eigenvalue weighted by molar-refractivity contribution is 7.62. The van der Waals surface area contributed by atoms with Crippen molar-refractivity contribution in [3.8, 4) is 0 Å². The molecule has 0 aromatic heterocycles. The Kier molecular flexibility index (Phi) is 6.22. The quantitative estimate of drug-likeness (QED) is 0.743. The molecule has 0 spiro atoms. The van der Waals surface area contributed by atoms with E-state index in [0.29, 0.717) is 18.5 Å². The Labute approximate surface area is 113 Å². The molecular weight excluding hydrogens is 267 g/mol. The van der Waals surface area contributed by atoms with Crippen LogP contribution in [-0.2, 0) is 13.6 Å². The molecule has 0 fully saturated rings. The van der Waals surface area contributed by atoms with Gasteiger partial charge in [0.05, 0.1) is 24.1 Å². The van der Waals surface area contributed by atoms with Gasteiger partial charge in [0.2, 0.25) is 0 Å². The van der Waals surface area contributed by atoms with Gasteiger partial charge in [0.15, 0.2) is 0 Å². The molecule has 0 unspecified atom stereocenters. The van der Waals surface area contributed by atoms with E-state index in [9.17, 15) is 9.36 Å². The number of benzene rings is 1. The number of carboxylic acid groups (broad SMARTS) is 1. The maximum atomic E-state index is 12.6. The van der Waals surface area contributed by atoms with Crippen LogP contribution < -0.4 is 5.30 Å². The van der Waals surface area contributed by atoms with Crippen LogP contribution in [0.15, 0.2) is 24.3 Å². The third-order valence-electron chi connectivity index (χ3n) is 2.36. The lowest BCUT2D eigenvalue weighted by molar-refractivity contribution is 0.0697. The van der Waals surface area contributed by atoms with E-state index in [1.165, 1.54) is 24.3 Å². The first-order valence-corrected chi connectivity index (χ1v) is 7.80. The number of rotatable bonds is 8. The van der Waals surface area contributed by atoms with E-state index < -0.39 is 13.6 Å². The molecule has 5 nitrogen and oxygen atoms in total. The monoisotopic (exact) mass is 286 g/mol. The zero-order valence-corrected chi connectivity index (χ0v) is 12.1. The molecule has 0 heterocycles. The van der Waals surface area contributed by atoms with Gasteiger partial charge < -0.3 is 14.2 Å². The summed E-state index contributed by atoms with van der Waals surface area (Å²) in [4.78, 5) is 10.8. The van der Waals surface area contributed by atoms with Crippen LogP contribution in [0.4, 0.5) is 0 Å². The van der Waals surface area contributed by atoms with Crippen LogP contribution in [0.5, 0.6) is 0 Å². The van der Waals surface area contributed by atoms with E-state index in [4.69, 9.17) is 14.2 Å². The van der Waals surface area contributed by atoms with Crippen LogP contribution in [0.3, 0.4) is 0 Å². The lowest BCUT2D eigenvalue weighted by Crippen LogP contribution is -2.12. The van der Waals surface area contributed by atoms with Crippen molar-refractivity contribution in [3.05, 3.63) is 29.8 Å². The summed E-state index contributed by atoms with van der Waals surface area (Å²) in [5, 5.41) is 9.22. The Morgan fingerprint density at radius 1 is 1.11 bits per heavy atom. The number of carboxylic acids is 1. The van der Waals surface area contributed by atoms with Gasteiger partial charge in [0.25, 0.3) is 0 Å². The summed E-state index contributed by atoms with van der Waals surface area (Å²) in [6.45, 7) is 4.50. The summed E-state index contributed by atoms with van der Waals surface area (Å²) in [6.07, 6.45) is 1.46. The van der Waals surface area contributed by atoms with E-state index in [2.05, 4.69) is 0 Å². The van der Waals surface area contributed by atoms with Gasteiger partial charge >= 0.3 is 13.6 Å². The summed E-state index contributed by atoms with van der Waals surface area (Å²) in [7, 11) is -3.35. The molecule has 0 saturated heterocycles. The average Bonchev–Trinajstić information content (AvgIpc) is 2.43. The Morgan fingerprint density at radius 2 is 1.58 bits per heavy atom. The van der Waals surface area contributed by atoms with Crippen LogP contribution in [-0.4, -0.2) is 24.3 Å². The van der Waals surface area contributed by atoms with Crippen molar-refractivity contribution in [2.45, 2.75) is 26.7 Å². The molecule has 6 heteroatoms. The minimum atomic E-state index is -3.35. The topological polar surface area (TPSA) is 72.8 Å². The van der Waals surface area contributed by atoms with Crippen LogP contribution in [0, 0.1) is 0 Å². The molecule has 19 heavy (non-hydrogen) atoms. The Balaban J connectivity index is 2.96. The standard InChI is InChI=1S/C13H19O5P/c1-3-9-17-19(16,18-10-4-2)12-7-5-11(6-8-12)13(14)15/h5-8H,3-4,9-10H2,1-2H3,(H,14,15). The third-order valence-corrected chi connectivity index (χ3v) is 4.34. The van der Waals surface area contributed by atoms with Crippen LogP contribution in [0.25, 0.3) is 0 Å². The highest BCUT2D eigenvalue weighted by atomic mass is 31.2. The molecule has 1 N–H and O–H groups in total. The molecule has 0 atom stereocenters. The summed E-state index contributed by atoms with van der Waals surface area (Å²) >= 11 is 0. The van der Waals surface area contributed by atoms with Crippen LogP contribution in [0.1, 0.15) is 37.0 Å². The fourth-order valence-electron chi connectivity index (χ4n) is 1.40. The van der Waals surface area contributed by atoms with Crippen molar-refractivity contribution in [1.82, 2.24) is 0 Å². The van der Waals surface area contributed by atoms with E-state index in [1.54, 1.807) is 0 Å². The zero-order chi connectivity index (χ0) is 14.3. The molecule has 1 aromatic rings. The molecule has 0 bridgehead atoms. The molecule has 0 aliphatic carbocycles. The molecule has 0 saturated carbocycles. The fraction of sp³-hybridized carbons (Fsp3) is 0.462. The normalized spacial score (nSPS) is 11.5. The van der Waals surface area contributed by atoms with Gasteiger partial charge in [-0.1, -0.05) is 13.8 Å². The molecular formula is C13H19O5P. The van der Waals surface area contributed by atoms with Crippen molar-refractivity contribution in [2.75, 3.05) is 13.2 Å². The van der Waals surface area contributed by atoms with E-state index in [1.807, 2.05) is 13.8 Å². The second-order valence-electron chi connectivity index (χ2n) is 4.02. The smallest absolute Gasteiger partial charge is 0.361 e. The van der Waals surface area contributed by atoms with Crippen molar-refractivity contribution in [1.29, 1.82) is 0 Å². The average molecular weight is 286 g/mol. The molecule has 1 aromatic carbocycles. The zero-order valence-electron chi connectivity index (χ0n) is 11.2. The Morgan fingerprint density at radius 3 is 1.95 bits per heavy atom. The van der Waals surface area contributed by atoms with Gasteiger partial charge in [-0.25, -0.2) is 4.79 Å². The van der Waals surface area contributed by atoms with Gasteiger partial charge in [-0.05, 0) is 37.1 Å². The first kappa shape index (κ1) is 15.9. The lowest BCUT2D eigenvalue weighted by atomic mass is 10.2. The third kappa shape index (κ3) is 4.46. The molecule has 0 amide bonds. The molecule has 106 valence electrons. The maximum absolute atomic E-state index is 12.6. The van der Waals surface area contributed by atoms with E-state index >= 15 is 0 Å². The second-order valence-corrected chi connectivity index (χ2v) is 6.04. The minimum Gasteiger partial charge on any atom is -0.478 e. The van der Waals surface area contributed by atoms with Crippen molar-refractivity contribution >= 4 is 18.9 Å². The molecule has 0 aliphatic rings. The van der Waals surface area contributed by atoms with Gasteiger partial charge in [0.1, 0.15) is 0 Å². The summed E-state index contributed by atoms with van der Waals surface area (Å²) in [5.74, 6) is -1.02. The van der Waals surface area contributed by atoms with Crippen LogP contribution >= 0.6 is 7.60 Å². The van der Waals surface area contributed by atoms with Gasteiger partial charge in [-0.2, -0.15) is 0 Å². The summed E-state index contributed by atoms with van der Waals surface area (Å²) in [6, 6.07) is 5.76. The van der Waals surface area contributed by atoms with E-state index in [0.717, 1.165) is 12.8 Å². The predicted molar refractivity (Wildman–Crippen MR) is 73.1 cm³/mol. The van der Waals surface area contributed by atoms with Crippen LogP contribution in [0.2, 0.25) is 0 Å². The number of hydrogen-bond donors (Lipinski definition) is 1.